The number of aromatic nitrogens is 1. The Bertz CT molecular complexity index is 962. The van der Waals surface area contributed by atoms with Gasteiger partial charge in [-0.3, -0.25) is 9.59 Å². The maximum Gasteiger partial charge on any atom is 0.263 e. The number of pyridine rings is 1. The summed E-state index contributed by atoms with van der Waals surface area (Å²) in [5.41, 5.74) is 2.50. The summed E-state index contributed by atoms with van der Waals surface area (Å²) < 4.78 is 1.53. The van der Waals surface area contributed by atoms with E-state index in [9.17, 15) is 9.59 Å². The van der Waals surface area contributed by atoms with Crippen LogP contribution in [0.1, 0.15) is 21.5 Å². The summed E-state index contributed by atoms with van der Waals surface area (Å²) in [4.78, 5) is 25.0. The number of hydrogen-bond donors (Lipinski definition) is 1. The van der Waals surface area contributed by atoms with Crippen molar-refractivity contribution in [1.29, 1.82) is 0 Å². The van der Waals surface area contributed by atoms with Crippen molar-refractivity contribution in [2.45, 2.75) is 13.5 Å². The molecule has 0 radical (unpaired) electrons. The molecular formula is C20H17ClN2O2. The molecule has 3 rings (SSSR count). The van der Waals surface area contributed by atoms with Crippen LogP contribution in [-0.4, -0.2) is 10.5 Å². The molecule has 0 saturated carbocycles. The fourth-order valence-electron chi connectivity index (χ4n) is 2.57. The summed E-state index contributed by atoms with van der Waals surface area (Å²) in [7, 11) is 0. The van der Waals surface area contributed by atoms with E-state index in [0.717, 1.165) is 11.1 Å². The van der Waals surface area contributed by atoms with Crippen molar-refractivity contribution in [1.82, 2.24) is 4.57 Å². The van der Waals surface area contributed by atoms with Crippen molar-refractivity contribution in [2.75, 3.05) is 5.32 Å². The molecule has 25 heavy (non-hydrogen) atoms. The standard InChI is InChI=1S/C20H17ClN2O2/c1-14-4-2-5-15(12-14)13-23-11-3-6-18(20(23)25)19(24)22-17-9-7-16(21)8-10-17/h2-12H,13H2,1H3,(H,22,24). The Hall–Kier alpha value is -2.85. The average molecular weight is 353 g/mol. The molecule has 5 heteroatoms. The van der Waals surface area contributed by atoms with E-state index < -0.39 is 5.91 Å². The monoisotopic (exact) mass is 352 g/mol. The lowest BCUT2D eigenvalue weighted by Gasteiger charge is -2.09. The highest BCUT2D eigenvalue weighted by molar-refractivity contribution is 6.30. The van der Waals surface area contributed by atoms with Crippen LogP contribution in [0, 0.1) is 6.92 Å². The largest absolute Gasteiger partial charge is 0.322 e. The zero-order chi connectivity index (χ0) is 17.8. The summed E-state index contributed by atoms with van der Waals surface area (Å²) in [5.74, 6) is -0.439. The summed E-state index contributed by atoms with van der Waals surface area (Å²) in [6.45, 7) is 2.42. The number of hydrogen-bond acceptors (Lipinski definition) is 2. The summed E-state index contributed by atoms with van der Waals surface area (Å²) >= 11 is 5.83. The Morgan fingerprint density at radius 2 is 1.84 bits per heavy atom. The van der Waals surface area contributed by atoms with Crippen LogP contribution in [0.25, 0.3) is 0 Å². The predicted molar refractivity (Wildman–Crippen MR) is 100 cm³/mol. The van der Waals surface area contributed by atoms with Gasteiger partial charge in [-0.15, -0.1) is 0 Å². The first-order valence-electron chi connectivity index (χ1n) is 7.85. The molecule has 0 atom stereocenters. The first-order chi connectivity index (χ1) is 12.0. The number of rotatable bonds is 4. The van der Waals surface area contributed by atoms with Gasteiger partial charge in [0.1, 0.15) is 5.56 Å². The van der Waals surface area contributed by atoms with Crippen molar-refractivity contribution < 1.29 is 4.79 Å². The normalized spacial score (nSPS) is 10.5. The predicted octanol–water partition coefficient (Wildman–Crippen LogP) is 4.11. The summed E-state index contributed by atoms with van der Waals surface area (Å²) in [5, 5.41) is 3.30. The van der Waals surface area contributed by atoms with Crippen molar-refractivity contribution in [3.63, 3.8) is 0 Å². The smallest absolute Gasteiger partial charge is 0.263 e. The van der Waals surface area contributed by atoms with Gasteiger partial charge in [0.2, 0.25) is 0 Å². The zero-order valence-corrected chi connectivity index (χ0v) is 14.5. The Labute approximate surface area is 150 Å². The number of nitrogens with one attached hydrogen (secondary N) is 1. The molecule has 1 N–H and O–H groups in total. The van der Waals surface area contributed by atoms with Gasteiger partial charge in [-0.1, -0.05) is 41.4 Å². The highest BCUT2D eigenvalue weighted by Crippen LogP contribution is 2.14. The lowest BCUT2D eigenvalue weighted by molar-refractivity contribution is 0.102. The second-order valence-corrected chi connectivity index (χ2v) is 6.24. The van der Waals surface area contributed by atoms with Crippen LogP contribution in [0.5, 0.6) is 0 Å². The highest BCUT2D eigenvalue weighted by atomic mass is 35.5. The van der Waals surface area contributed by atoms with Crippen LogP contribution < -0.4 is 10.9 Å². The molecule has 4 nitrogen and oxygen atoms in total. The molecule has 1 amide bonds. The molecule has 0 aliphatic carbocycles. The van der Waals surface area contributed by atoms with Crippen molar-refractivity contribution in [2.24, 2.45) is 0 Å². The first-order valence-corrected chi connectivity index (χ1v) is 8.22. The molecular weight excluding hydrogens is 336 g/mol. The first kappa shape index (κ1) is 17.0. The summed E-state index contributed by atoms with van der Waals surface area (Å²) in [6, 6.07) is 17.9. The minimum absolute atomic E-state index is 0.102. The average Bonchev–Trinajstić information content (AvgIpc) is 2.59. The highest BCUT2D eigenvalue weighted by Gasteiger charge is 2.12. The van der Waals surface area contributed by atoms with E-state index in [2.05, 4.69) is 5.32 Å². The molecule has 1 aromatic heterocycles. The topological polar surface area (TPSA) is 51.1 Å². The lowest BCUT2D eigenvalue weighted by Crippen LogP contribution is -2.29. The van der Waals surface area contributed by atoms with E-state index in [0.29, 0.717) is 17.3 Å². The van der Waals surface area contributed by atoms with E-state index in [-0.39, 0.29) is 11.1 Å². The summed E-state index contributed by atoms with van der Waals surface area (Å²) in [6.07, 6.45) is 1.68. The molecule has 3 aromatic rings. The third-order valence-electron chi connectivity index (χ3n) is 3.80. The second kappa shape index (κ2) is 7.36. The van der Waals surface area contributed by atoms with Crippen LogP contribution in [0.15, 0.2) is 71.7 Å². The third kappa shape index (κ3) is 4.17. The van der Waals surface area contributed by atoms with E-state index in [1.165, 1.54) is 10.6 Å². The third-order valence-corrected chi connectivity index (χ3v) is 4.05. The number of halogens is 1. The van der Waals surface area contributed by atoms with Gasteiger partial charge in [-0.2, -0.15) is 0 Å². The van der Waals surface area contributed by atoms with Crippen LogP contribution in [0.4, 0.5) is 5.69 Å². The number of anilines is 1. The Kier molecular flexibility index (Phi) is 5.00. The van der Waals surface area contributed by atoms with Crippen molar-refractivity contribution >= 4 is 23.2 Å². The fraction of sp³-hybridized carbons (Fsp3) is 0.100. The van der Waals surface area contributed by atoms with Gasteiger partial charge < -0.3 is 9.88 Å². The van der Waals surface area contributed by atoms with Gasteiger partial charge in [0.05, 0.1) is 6.54 Å². The maximum atomic E-state index is 12.6. The van der Waals surface area contributed by atoms with Crippen molar-refractivity contribution in [3.05, 3.63) is 98.9 Å². The molecule has 0 saturated heterocycles. The van der Waals surface area contributed by atoms with E-state index in [1.807, 2.05) is 31.2 Å². The van der Waals surface area contributed by atoms with Gasteiger partial charge in [-0.05, 0) is 48.9 Å². The SMILES string of the molecule is Cc1cccc(Cn2cccc(C(=O)Nc3ccc(Cl)cc3)c2=O)c1. The number of amides is 1. The molecule has 126 valence electrons. The number of nitrogens with zero attached hydrogens (tertiary/aromatic N) is 1. The van der Waals surface area contributed by atoms with E-state index >= 15 is 0 Å². The Morgan fingerprint density at radius 3 is 2.56 bits per heavy atom. The van der Waals surface area contributed by atoms with Crippen LogP contribution in [0.2, 0.25) is 5.02 Å². The van der Waals surface area contributed by atoms with Crippen LogP contribution >= 0.6 is 11.6 Å². The Morgan fingerprint density at radius 1 is 1.08 bits per heavy atom. The lowest BCUT2D eigenvalue weighted by atomic mass is 10.1. The maximum absolute atomic E-state index is 12.6. The number of carbonyl (C=O) groups is 1. The molecule has 0 aliphatic heterocycles. The van der Waals surface area contributed by atoms with Crippen LogP contribution in [-0.2, 0) is 6.54 Å². The molecule has 0 unspecified atom stereocenters. The molecule has 0 spiro atoms. The number of aryl methyl sites for hydroxylation is 1. The van der Waals surface area contributed by atoms with E-state index in [4.69, 9.17) is 11.6 Å². The molecule has 2 aromatic carbocycles. The van der Waals surface area contributed by atoms with Gasteiger partial charge in [0, 0.05) is 16.9 Å². The van der Waals surface area contributed by atoms with E-state index in [1.54, 1.807) is 36.5 Å². The molecule has 1 heterocycles. The van der Waals surface area contributed by atoms with Gasteiger partial charge in [0.25, 0.3) is 11.5 Å². The van der Waals surface area contributed by atoms with Crippen LogP contribution in [0.3, 0.4) is 0 Å². The Balaban J connectivity index is 1.84. The number of benzene rings is 2. The minimum atomic E-state index is -0.439. The second-order valence-electron chi connectivity index (χ2n) is 5.80. The molecule has 0 aliphatic rings. The van der Waals surface area contributed by atoms with Gasteiger partial charge in [0.15, 0.2) is 0 Å². The minimum Gasteiger partial charge on any atom is -0.322 e. The van der Waals surface area contributed by atoms with Gasteiger partial charge >= 0.3 is 0 Å². The molecule has 0 fully saturated rings. The van der Waals surface area contributed by atoms with Crippen molar-refractivity contribution in [3.8, 4) is 0 Å². The zero-order valence-electron chi connectivity index (χ0n) is 13.7. The molecule has 0 bridgehead atoms. The quantitative estimate of drug-likeness (QED) is 0.768. The fourth-order valence-corrected chi connectivity index (χ4v) is 2.70. The van der Waals surface area contributed by atoms with Gasteiger partial charge in [-0.25, -0.2) is 0 Å². The number of carbonyl (C=O) groups excluding carboxylic acids is 1.